The summed E-state index contributed by atoms with van der Waals surface area (Å²) < 4.78 is 0. The minimum atomic E-state index is 0.177. The lowest BCUT2D eigenvalue weighted by atomic mass is 10.0. The zero-order valence-electron chi connectivity index (χ0n) is 11.2. The molecule has 3 nitrogen and oxygen atoms in total. The molecular formula is C15H23N3. The third kappa shape index (κ3) is 3.03. The topological polar surface area (TPSA) is 53.1 Å². The van der Waals surface area contributed by atoms with Crippen LogP contribution in [0.3, 0.4) is 0 Å². The maximum Gasteiger partial charge on any atom is 0.124 e. The Morgan fingerprint density at radius 3 is 2.33 bits per heavy atom. The van der Waals surface area contributed by atoms with E-state index in [4.69, 9.17) is 11.1 Å². The van der Waals surface area contributed by atoms with Crippen molar-refractivity contribution in [2.24, 2.45) is 5.73 Å². The summed E-state index contributed by atoms with van der Waals surface area (Å²) in [6.45, 7) is 4.22. The van der Waals surface area contributed by atoms with Gasteiger partial charge in [0, 0.05) is 24.3 Å². The standard InChI is InChI=1S/C15H23N3/c1-12-7-8-14(13(11-12)15(16)17)18-9-5-3-2-4-6-10-18/h7-8,11H,2-6,9-10H2,1H3,(H3,16,17). The number of nitrogens with one attached hydrogen (secondary N) is 1. The Morgan fingerprint density at radius 1 is 1.11 bits per heavy atom. The van der Waals surface area contributed by atoms with Crippen LogP contribution in [0, 0.1) is 12.3 Å². The number of anilines is 1. The first-order valence-electron chi connectivity index (χ1n) is 6.88. The SMILES string of the molecule is Cc1ccc(N2CCCCCCC2)c(C(=N)N)c1. The molecule has 0 aromatic heterocycles. The molecule has 0 spiro atoms. The van der Waals surface area contributed by atoms with Crippen LogP contribution in [0.2, 0.25) is 0 Å². The Labute approximate surface area is 109 Å². The van der Waals surface area contributed by atoms with Gasteiger partial charge < -0.3 is 10.6 Å². The Morgan fingerprint density at radius 2 is 1.72 bits per heavy atom. The fourth-order valence-electron chi connectivity index (χ4n) is 2.63. The summed E-state index contributed by atoms with van der Waals surface area (Å²) in [6, 6.07) is 6.25. The highest BCUT2D eigenvalue weighted by atomic mass is 15.1. The Balaban J connectivity index is 2.27. The molecule has 0 aliphatic carbocycles. The molecule has 18 heavy (non-hydrogen) atoms. The number of benzene rings is 1. The molecule has 3 N–H and O–H groups in total. The molecule has 1 saturated heterocycles. The van der Waals surface area contributed by atoms with Gasteiger partial charge in [0.1, 0.15) is 5.84 Å². The van der Waals surface area contributed by atoms with Crippen molar-refractivity contribution < 1.29 is 0 Å². The van der Waals surface area contributed by atoms with Gasteiger partial charge in [0.15, 0.2) is 0 Å². The van der Waals surface area contributed by atoms with E-state index in [-0.39, 0.29) is 5.84 Å². The summed E-state index contributed by atoms with van der Waals surface area (Å²) in [5.74, 6) is 0.177. The van der Waals surface area contributed by atoms with Gasteiger partial charge in [-0.15, -0.1) is 0 Å². The number of amidine groups is 1. The zero-order chi connectivity index (χ0) is 13.0. The summed E-state index contributed by atoms with van der Waals surface area (Å²) in [4.78, 5) is 2.40. The predicted molar refractivity (Wildman–Crippen MR) is 77.5 cm³/mol. The van der Waals surface area contributed by atoms with E-state index in [0.717, 1.165) is 29.9 Å². The van der Waals surface area contributed by atoms with Crippen molar-refractivity contribution in [1.82, 2.24) is 0 Å². The van der Waals surface area contributed by atoms with Crippen LogP contribution in [0.5, 0.6) is 0 Å². The predicted octanol–water partition coefficient (Wildman–Crippen LogP) is 3.05. The van der Waals surface area contributed by atoms with Crippen molar-refractivity contribution in [3.63, 3.8) is 0 Å². The van der Waals surface area contributed by atoms with Gasteiger partial charge in [-0.3, -0.25) is 5.41 Å². The maximum atomic E-state index is 7.74. The lowest BCUT2D eigenvalue weighted by molar-refractivity contribution is 0.556. The van der Waals surface area contributed by atoms with Crippen LogP contribution >= 0.6 is 0 Å². The van der Waals surface area contributed by atoms with Crippen LogP contribution < -0.4 is 10.6 Å². The van der Waals surface area contributed by atoms with Crippen LogP contribution in [-0.4, -0.2) is 18.9 Å². The van der Waals surface area contributed by atoms with Crippen molar-refractivity contribution in [3.05, 3.63) is 29.3 Å². The summed E-state index contributed by atoms with van der Waals surface area (Å²) in [5.41, 5.74) is 8.90. The molecule has 98 valence electrons. The highest BCUT2D eigenvalue weighted by Crippen LogP contribution is 2.24. The van der Waals surface area contributed by atoms with E-state index in [9.17, 15) is 0 Å². The summed E-state index contributed by atoms with van der Waals surface area (Å²) in [5, 5.41) is 7.74. The number of rotatable bonds is 2. The first-order valence-corrected chi connectivity index (χ1v) is 6.88. The second-order valence-corrected chi connectivity index (χ2v) is 5.19. The first-order chi connectivity index (χ1) is 8.68. The van der Waals surface area contributed by atoms with Gasteiger partial charge >= 0.3 is 0 Å². The largest absolute Gasteiger partial charge is 0.384 e. The molecule has 1 heterocycles. The summed E-state index contributed by atoms with van der Waals surface area (Å²) >= 11 is 0. The number of nitrogen functional groups attached to an aromatic ring is 1. The number of aryl methyl sites for hydroxylation is 1. The average molecular weight is 245 g/mol. The van der Waals surface area contributed by atoms with Crippen molar-refractivity contribution in [2.75, 3.05) is 18.0 Å². The molecule has 0 bridgehead atoms. The number of nitrogens with zero attached hydrogens (tertiary/aromatic N) is 1. The van der Waals surface area contributed by atoms with Crippen molar-refractivity contribution in [1.29, 1.82) is 5.41 Å². The summed E-state index contributed by atoms with van der Waals surface area (Å²) in [7, 11) is 0. The molecule has 3 heteroatoms. The Bertz CT molecular complexity index is 418. The van der Waals surface area contributed by atoms with E-state index >= 15 is 0 Å². The number of hydrogen-bond acceptors (Lipinski definition) is 2. The lowest BCUT2D eigenvalue weighted by Gasteiger charge is -2.28. The smallest absolute Gasteiger partial charge is 0.124 e. The van der Waals surface area contributed by atoms with Gasteiger partial charge in [0.25, 0.3) is 0 Å². The van der Waals surface area contributed by atoms with Crippen LogP contribution in [0.1, 0.15) is 43.2 Å². The molecule has 0 radical (unpaired) electrons. The van der Waals surface area contributed by atoms with E-state index in [2.05, 4.69) is 17.0 Å². The molecule has 1 aromatic carbocycles. The van der Waals surface area contributed by atoms with E-state index in [1.165, 1.54) is 32.1 Å². The second-order valence-electron chi connectivity index (χ2n) is 5.19. The van der Waals surface area contributed by atoms with Crippen LogP contribution in [0.25, 0.3) is 0 Å². The molecule has 0 unspecified atom stereocenters. The fraction of sp³-hybridized carbons (Fsp3) is 0.533. The van der Waals surface area contributed by atoms with Crippen molar-refractivity contribution in [3.8, 4) is 0 Å². The fourth-order valence-corrected chi connectivity index (χ4v) is 2.63. The molecule has 0 amide bonds. The number of nitrogens with two attached hydrogens (primary N) is 1. The summed E-state index contributed by atoms with van der Waals surface area (Å²) in [6.07, 6.45) is 6.48. The van der Waals surface area contributed by atoms with Gasteiger partial charge in [-0.05, 0) is 31.9 Å². The third-order valence-electron chi connectivity index (χ3n) is 3.64. The Kier molecular flexibility index (Phi) is 4.24. The van der Waals surface area contributed by atoms with Gasteiger partial charge in [0.05, 0.1) is 0 Å². The molecule has 1 aromatic rings. The second kappa shape index (κ2) is 5.89. The first kappa shape index (κ1) is 12.9. The molecule has 1 fully saturated rings. The lowest BCUT2D eigenvalue weighted by Crippen LogP contribution is -2.29. The average Bonchev–Trinajstić information content (AvgIpc) is 2.29. The van der Waals surface area contributed by atoms with E-state index in [0.29, 0.717) is 0 Å². The van der Waals surface area contributed by atoms with Crippen LogP contribution in [0.4, 0.5) is 5.69 Å². The highest BCUT2D eigenvalue weighted by Gasteiger charge is 2.14. The molecule has 1 aliphatic heterocycles. The normalized spacial score (nSPS) is 17.1. The molecule has 0 saturated carbocycles. The van der Waals surface area contributed by atoms with Crippen LogP contribution in [0.15, 0.2) is 18.2 Å². The highest BCUT2D eigenvalue weighted by molar-refractivity contribution is 6.00. The maximum absolute atomic E-state index is 7.74. The van der Waals surface area contributed by atoms with E-state index in [1.807, 2.05) is 13.0 Å². The minimum Gasteiger partial charge on any atom is -0.384 e. The van der Waals surface area contributed by atoms with Gasteiger partial charge in [0.2, 0.25) is 0 Å². The Hall–Kier alpha value is -1.51. The third-order valence-corrected chi connectivity index (χ3v) is 3.64. The minimum absolute atomic E-state index is 0.177. The molecule has 2 rings (SSSR count). The molecule has 1 aliphatic rings. The van der Waals surface area contributed by atoms with Gasteiger partial charge in [-0.2, -0.15) is 0 Å². The van der Waals surface area contributed by atoms with E-state index < -0.39 is 0 Å². The monoisotopic (exact) mass is 245 g/mol. The molecular weight excluding hydrogens is 222 g/mol. The zero-order valence-corrected chi connectivity index (χ0v) is 11.2. The van der Waals surface area contributed by atoms with Gasteiger partial charge in [-0.25, -0.2) is 0 Å². The van der Waals surface area contributed by atoms with Crippen molar-refractivity contribution in [2.45, 2.75) is 39.0 Å². The van der Waals surface area contributed by atoms with Crippen molar-refractivity contribution >= 4 is 11.5 Å². The number of hydrogen-bond donors (Lipinski definition) is 2. The van der Waals surface area contributed by atoms with E-state index in [1.54, 1.807) is 0 Å². The quantitative estimate of drug-likeness (QED) is 0.621. The van der Waals surface area contributed by atoms with Gasteiger partial charge in [-0.1, -0.05) is 30.9 Å². The molecule has 0 atom stereocenters. The van der Waals surface area contributed by atoms with Crippen LogP contribution in [-0.2, 0) is 0 Å².